The van der Waals surface area contributed by atoms with Gasteiger partial charge in [-0.2, -0.15) is 0 Å². The lowest BCUT2D eigenvalue weighted by atomic mass is 9.80. The molecule has 49 heavy (non-hydrogen) atoms. The van der Waals surface area contributed by atoms with E-state index in [4.69, 9.17) is 4.74 Å². The molecule has 6 aromatic carbocycles. The highest BCUT2D eigenvalue weighted by molar-refractivity contribution is 6.38. The molecule has 0 saturated carbocycles. The van der Waals surface area contributed by atoms with Gasteiger partial charge in [0, 0.05) is 11.1 Å². The second-order valence-corrected chi connectivity index (χ2v) is 12.1. The first-order valence-corrected chi connectivity index (χ1v) is 16.3. The quantitative estimate of drug-likeness (QED) is 0.0883. The number of hydrogen-bond acceptors (Lipinski definition) is 4. The lowest BCUT2D eigenvalue weighted by molar-refractivity contribution is 0.361. The van der Waals surface area contributed by atoms with Crippen LogP contribution in [0.2, 0.25) is 0 Å². The summed E-state index contributed by atoms with van der Waals surface area (Å²) in [6, 6.07) is 31.4. The highest BCUT2D eigenvalue weighted by atomic mass is 16.5. The van der Waals surface area contributed by atoms with E-state index in [2.05, 4.69) is 55.7 Å². The van der Waals surface area contributed by atoms with E-state index < -0.39 is 0 Å². The molecule has 3 N–H and O–H groups in total. The Labute approximate surface area is 287 Å². The number of allylic oxidation sites excluding steroid dienone is 7. The molecule has 1 aliphatic carbocycles. The number of hydrogen-bond donors (Lipinski definition) is 3. The second-order valence-electron chi connectivity index (χ2n) is 12.1. The minimum absolute atomic E-state index is 0.157. The summed E-state index contributed by atoms with van der Waals surface area (Å²) in [7, 11) is 1.66. The molecule has 5 heteroatoms. The van der Waals surface area contributed by atoms with E-state index in [-0.39, 0.29) is 28.4 Å². The number of phenols is 3. The molecular weight excluding hydrogens is 603 g/mol. The third kappa shape index (κ3) is 5.60. The fraction of sp³-hybridized carbons (Fsp3) is 0.0455. The van der Waals surface area contributed by atoms with Crippen LogP contribution in [0.15, 0.2) is 152 Å². The molecule has 0 heterocycles. The van der Waals surface area contributed by atoms with Crippen molar-refractivity contribution < 1.29 is 20.1 Å². The molecule has 0 bridgehead atoms. The first-order valence-electron chi connectivity index (χ1n) is 16.3. The Morgan fingerprint density at radius 1 is 0.694 bits per heavy atom. The van der Waals surface area contributed by atoms with E-state index in [1.807, 2.05) is 84.9 Å². The first-order chi connectivity index (χ1) is 23.9. The van der Waals surface area contributed by atoms with Crippen LogP contribution in [0.5, 0.6) is 23.0 Å². The monoisotopic (exact) mass is 638 g/mol. The third-order valence-electron chi connectivity index (χ3n) is 9.26. The summed E-state index contributed by atoms with van der Waals surface area (Å²) in [5.41, 5.74) is 6.93. The predicted octanol–water partition coefficient (Wildman–Crippen LogP) is 9.39. The summed E-state index contributed by atoms with van der Waals surface area (Å²) < 4.78 is 6.28. The molecule has 0 spiro atoms. The molecule has 6 aromatic rings. The fourth-order valence-corrected chi connectivity index (χ4v) is 6.75. The highest BCUT2D eigenvalue weighted by Crippen LogP contribution is 2.52. The van der Waals surface area contributed by atoms with Crippen molar-refractivity contribution in [3.8, 4) is 56.4 Å². The van der Waals surface area contributed by atoms with Crippen LogP contribution < -0.4 is 10.2 Å². The first kappa shape index (κ1) is 31.4. The van der Waals surface area contributed by atoms with E-state index >= 15 is 0 Å². The molecule has 0 aromatic heterocycles. The molecule has 0 saturated heterocycles. The molecule has 0 aliphatic heterocycles. The number of phenolic OH excluding ortho intramolecular Hbond substituents is 3. The van der Waals surface area contributed by atoms with Gasteiger partial charge in [-0.1, -0.05) is 128 Å². The maximum atomic E-state index is 11.9. The van der Waals surface area contributed by atoms with E-state index in [1.165, 1.54) is 5.57 Å². The Kier molecular flexibility index (Phi) is 8.42. The normalized spacial score (nSPS) is 13.3. The molecule has 0 radical (unpaired) electrons. The summed E-state index contributed by atoms with van der Waals surface area (Å²) in [6.45, 7) is 8.69. The summed E-state index contributed by atoms with van der Waals surface area (Å²) in [4.78, 5) is 0. The fourth-order valence-electron chi connectivity index (χ4n) is 6.75. The third-order valence-corrected chi connectivity index (χ3v) is 9.26. The van der Waals surface area contributed by atoms with Crippen molar-refractivity contribution in [3.63, 3.8) is 0 Å². The zero-order valence-electron chi connectivity index (χ0n) is 27.3. The molecule has 7 rings (SSSR count). The molecule has 0 unspecified atom stereocenters. The van der Waals surface area contributed by atoms with E-state index in [0.717, 1.165) is 50.2 Å². The summed E-state index contributed by atoms with van der Waals surface area (Å²) in [5, 5.41) is 38.3. The Morgan fingerprint density at radius 2 is 1.31 bits per heavy atom. The van der Waals surface area contributed by atoms with Gasteiger partial charge in [0.1, 0.15) is 37.5 Å². The zero-order valence-corrected chi connectivity index (χ0v) is 27.3. The molecule has 0 amide bonds. The largest absolute Gasteiger partial charge is 0.508 e. The van der Waals surface area contributed by atoms with Gasteiger partial charge in [-0.25, -0.2) is 0 Å². The van der Waals surface area contributed by atoms with E-state index in [0.29, 0.717) is 28.9 Å². The van der Waals surface area contributed by atoms with Crippen molar-refractivity contribution in [2.45, 2.75) is 6.42 Å². The SMILES string of the molecule is Bc1c(O)c(-c2ccccc2)c(O)c(-c2c3ccccc3c(-c3ccc(OC/C=C4/C=CC=CC4)c(C(=C)C=C)c3)c3ccccc23)c1O. The van der Waals surface area contributed by atoms with Crippen LogP contribution in [0.3, 0.4) is 0 Å². The lowest BCUT2D eigenvalue weighted by Gasteiger charge is -2.22. The maximum absolute atomic E-state index is 11.9. The lowest BCUT2D eigenvalue weighted by Crippen LogP contribution is -2.07. The summed E-state index contributed by atoms with van der Waals surface area (Å²) in [5.74, 6) is 0.207. The molecule has 0 fully saturated rings. The van der Waals surface area contributed by atoms with Crippen LogP contribution in [-0.2, 0) is 0 Å². The Hall–Kier alpha value is -6.20. The van der Waals surface area contributed by atoms with E-state index in [9.17, 15) is 15.3 Å². The van der Waals surface area contributed by atoms with Gasteiger partial charge in [-0.15, -0.1) is 0 Å². The molecule has 0 atom stereocenters. The molecular formula is C44H35BO4. The Bertz CT molecular complexity index is 2320. The van der Waals surface area contributed by atoms with Crippen molar-refractivity contribution in [1.29, 1.82) is 0 Å². The van der Waals surface area contributed by atoms with Gasteiger partial charge in [-0.05, 0) is 79.5 Å². The van der Waals surface area contributed by atoms with Gasteiger partial charge in [0.05, 0.1) is 11.1 Å². The van der Waals surface area contributed by atoms with Crippen molar-refractivity contribution >= 4 is 40.4 Å². The number of rotatable bonds is 8. The number of fused-ring (bicyclic) bond motifs is 2. The van der Waals surface area contributed by atoms with Gasteiger partial charge in [0.15, 0.2) is 0 Å². The van der Waals surface area contributed by atoms with Crippen molar-refractivity contribution in [2.75, 3.05) is 6.61 Å². The van der Waals surface area contributed by atoms with E-state index in [1.54, 1.807) is 13.9 Å². The zero-order chi connectivity index (χ0) is 34.1. The maximum Gasteiger partial charge on any atom is 0.149 e. The molecule has 238 valence electrons. The van der Waals surface area contributed by atoms with Gasteiger partial charge in [-0.3, -0.25) is 0 Å². The van der Waals surface area contributed by atoms with Gasteiger partial charge < -0.3 is 20.1 Å². The molecule has 1 aliphatic rings. The average molecular weight is 639 g/mol. The van der Waals surface area contributed by atoms with Crippen molar-refractivity contribution in [2.24, 2.45) is 0 Å². The van der Waals surface area contributed by atoms with Crippen LogP contribution in [-0.4, -0.2) is 29.8 Å². The van der Waals surface area contributed by atoms with Crippen LogP contribution in [0.4, 0.5) is 0 Å². The van der Waals surface area contributed by atoms with Crippen LogP contribution in [0.1, 0.15) is 12.0 Å². The van der Waals surface area contributed by atoms with Crippen LogP contribution in [0, 0.1) is 0 Å². The van der Waals surface area contributed by atoms with Gasteiger partial charge in [0.25, 0.3) is 0 Å². The topological polar surface area (TPSA) is 69.9 Å². The summed E-state index contributed by atoms with van der Waals surface area (Å²) >= 11 is 0. The standard InChI is InChI=1S/C44H35BO4/c1-3-27(2)35-26-30(22-23-36(35)49-25-24-28-14-6-4-7-15-28)37-31-18-10-12-20-33(31)39(34-21-13-11-19-32(34)37)40-42(46)38(29-16-8-5-9-17-29)43(47)41(45)44(40)48/h3-14,16-24,26,46-48H,1-2,15,25,45H2/b28-24-. The number of ether oxygens (including phenoxy) is 1. The van der Waals surface area contributed by atoms with Crippen LogP contribution in [0.25, 0.3) is 60.5 Å². The molecule has 4 nitrogen and oxygen atoms in total. The number of benzene rings is 6. The average Bonchev–Trinajstić information content (AvgIpc) is 3.14. The minimum atomic E-state index is -0.185. The minimum Gasteiger partial charge on any atom is -0.508 e. The predicted molar refractivity (Wildman–Crippen MR) is 207 cm³/mol. The van der Waals surface area contributed by atoms with Crippen molar-refractivity contribution in [1.82, 2.24) is 0 Å². The number of aromatic hydroxyl groups is 3. The van der Waals surface area contributed by atoms with Gasteiger partial charge >= 0.3 is 0 Å². The Morgan fingerprint density at radius 3 is 1.92 bits per heavy atom. The Balaban J connectivity index is 1.46. The van der Waals surface area contributed by atoms with Crippen LogP contribution >= 0.6 is 0 Å². The smallest absolute Gasteiger partial charge is 0.149 e. The van der Waals surface area contributed by atoms with Gasteiger partial charge in [0.2, 0.25) is 0 Å². The summed E-state index contributed by atoms with van der Waals surface area (Å²) in [6.07, 6.45) is 13.0. The second kappa shape index (κ2) is 13.1. The highest BCUT2D eigenvalue weighted by Gasteiger charge is 2.27. The van der Waals surface area contributed by atoms with Crippen molar-refractivity contribution in [3.05, 3.63) is 158 Å².